The number of hydrogen-bond donors (Lipinski definition) is 24. The minimum atomic E-state index is -1.41. The second-order valence-electron chi connectivity index (χ2n) is 28.0. The summed E-state index contributed by atoms with van der Waals surface area (Å²) < 4.78 is 0. The highest BCUT2D eigenvalue weighted by Gasteiger charge is 2.34. The van der Waals surface area contributed by atoms with Gasteiger partial charge in [0.2, 0.25) is 94.5 Å². The predicted molar refractivity (Wildman–Crippen MR) is 431 cm³/mol. The van der Waals surface area contributed by atoms with E-state index in [2.05, 4.69) is 116 Å². The van der Waals surface area contributed by atoms with Gasteiger partial charge in [-0.3, -0.25) is 81.7 Å². The Morgan fingerprint density at radius 3 is 1.18 bits per heavy atom. The lowest BCUT2D eigenvalue weighted by molar-refractivity contribution is -0.142. The molecule has 0 saturated carbocycles. The van der Waals surface area contributed by atoms with Crippen molar-refractivity contribution in [2.45, 2.75) is 217 Å². The van der Waals surface area contributed by atoms with Gasteiger partial charge in [-0.2, -0.15) is 0 Å². The van der Waals surface area contributed by atoms with Crippen molar-refractivity contribution < 1.29 is 86.6 Å². The fraction of sp³-hybridized carbons (Fsp3) is 0.644. The number of nitrogens with zero attached hydrogens (tertiary/aromatic N) is 3. The molecule has 2 rings (SSSR count). The van der Waals surface area contributed by atoms with Crippen LogP contribution < -0.4 is 114 Å². The van der Waals surface area contributed by atoms with Crippen LogP contribution in [0.1, 0.15) is 155 Å². The second kappa shape index (κ2) is 59.3. The fourth-order valence-electron chi connectivity index (χ4n) is 11.1. The first-order valence-electron chi connectivity index (χ1n) is 39.2. The van der Waals surface area contributed by atoms with Crippen LogP contribution in [0.15, 0.2) is 30.0 Å². The first kappa shape index (κ1) is 103. The van der Waals surface area contributed by atoms with Crippen LogP contribution in [0, 0.1) is 18.3 Å². The maximum Gasteiger partial charge on any atom is 0.326 e. The summed E-state index contributed by atoms with van der Waals surface area (Å²) in [6, 6.07) is -12.8. The number of hydrogen-bond acceptors (Lipinski definition) is 24. The maximum atomic E-state index is 14.3. The number of H-pyrrole nitrogens is 2. The number of imidazole rings is 2. The van der Waals surface area contributed by atoms with Gasteiger partial charge in [-0.15, -0.1) is 23.9 Å². The number of amidine groups is 1. The summed E-state index contributed by atoms with van der Waals surface area (Å²) >= 11 is 5.79. The number of aromatic amines is 2. The van der Waals surface area contributed by atoms with Crippen LogP contribution in [0.25, 0.3) is 0 Å². The van der Waals surface area contributed by atoms with Crippen LogP contribution in [-0.4, -0.2) is 270 Å². The average Bonchev–Trinajstić information content (AvgIpc) is 1.29. The van der Waals surface area contributed by atoms with Gasteiger partial charge >= 0.3 is 5.97 Å². The number of alkyl halides is 1. The van der Waals surface area contributed by atoms with Gasteiger partial charge in [0, 0.05) is 56.0 Å². The highest BCUT2D eigenvalue weighted by molar-refractivity contribution is 6.28. The summed E-state index contributed by atoms with van der Waals surface area (Å²) in [5.74, 6) is -12.0. The molecule has 2 aromatic heterocycles. The number of carboxylic acids is 1. The average molecular weight is 1690 g/mol. The maximum absolute atomic E-state index is 14.3. The number of nitrogens with two attached hydrogens (primary N) is 5. The minimum absolute atomic E-state index is 0.0145. The number of halogens is 1. The Morgan fingerprint density at radius 1 is 0.415 bits per heavy atom. The number of rotatable bonds is 62. The molecule has 0 aromatic carbocycles. The largest absolute Gasteiger partial charge is 0.480 e. The number of nitrogens with one attached hydrogen (secondary N) is 18. The molecule has 10 atom stereocenters. The number of aliphatic imine (C=N–C) groups is 1. The molecule has 0 fully saturated rings. The van der Waals surface area contributed by atoms with Gasteiger partial charge in [-0.1, -0.05) is 13.8 Å². The van der Waals surface area contributed by atoms with E-state index in [-0.39, 0.29) is 108 Å². The van der Waals surface area contributed by atoms with Gasteiger partial charge in [0.25, 0.3) is 0 Å². The summed E-state index contributed by atoms with van der Waals surface area (Å²) in [5.41, 5.74) is 29.2. The van der Waals surface area contributed by atoms with Crippen molar-refractivity contribution in [3.8, 4) is 12.3 Å². The molecule has 44 nitrogen and oxygen atoms in total. The summed E-state index contributed by atoms with van der Waals surface area (Å²) in [4.78, 5) is 244. The van der Waals surface area contributed by atoms with Gasteiger partial charge in [-0.05, 0) is 149 Å². The van der Waals surface area contributed by atoms with E-state index in [1.165, 1.54) is 38.9 Å². The number of aliphatic carboxylic acids is 1. The summed E-state index contributed by atoms with van der Waals surface area (Å²) in [5, 5.41) is 49.1. The zero-order chi connectivity index (χ0) is 87.9. The van der Waals surface area contributed by atoms with E-state index >= 15 is 0 Å². The van der Waals surface area contributed by atoms with E-state index in [4.69, 9.17) is 46.7 Å². The lowest BCUT2D eigenvalue weighted by atomic mass is 10.0. The van der Waals surface area contributed by atoms with Crippen LogP contribution in [0.5, 0.6) is 0 Å². The monoisotopic (exact) mass is 1680 g/mol. The highest BCUT2D eigenvalue weighted by Crippen LogP contribution is 2.12. The second-order valence-corrected chi connectivity index (χ2v) is 28.3. The molecule has 0 spiro atoms. The molecule has 0 bridgehead atoms. The molecule has 0 aliphatic carbocycles. The molecule has 1 unspecified atom stereocenters. The van der Waals surface area contributed by atoms with Crippen molar-refractivity contribution in [1.29, 1.82) is 0 Å². The van der Waals surface area contributed by atoms with E-state index < -0.39 is 200 Å². The quantitative estimate of drug-likeness (QED) is 0.00962. The van der Waals surface area contributed by atoms with Gasteiger partial charge < -0.3 is 129 Å². The summed E-state index contributed by atoms with van der Waals surface area (Å²) in [7, 11) is 0. The smallest absolute Gasteiger partial charge is 0.326 e. The van der Waals surface area contributed by atoms with Crippen molar-refractivity contribution in [2.24, 2.45) is 39.6 Å². The topological polar surface area (TPSA) is 703 Å². The Balaban J connectivity index is 2.11. The fourth-order valence-corrected chi connectivity index (χ4v) is 11.2. The van der Waals surface area contributed by atoms with Crippen molar-refractivity contribution >= 4 is 118 Å². The molecule has 0 radical (unpaired) electrons. The SMILES string of the molecule is C#CCCCC(=O)N[C@@H](Cc1cnc[nH]1)C(=O)N[C@@H](CCCCN)C(=O)N[C@@H](Cc1cnc[nH]1)C(=O)N[C@@H](C)C(=O)NC(CCCN=C(N)CCl)C(=O)NCC(=O)NCC(=O)N[C@@H](CCCCN)C(=O)NCC(=O)N[C@@H](CC(C)C)C(=O)NCC(=O)N[C@@H](CCCCN)C(=O)NCC(=O)NCC(=O)N[C@@H](C)C(=O)N[C@@H](CCCCN)C(=O)O. The van der Waals surface area contributed by atoms with Crippen LogP contribution in [0.3, 0.4) is 0 Å². The number of unbranched alkanes of at least 4 members (excludes halogenated alkanes) is 5. The molecular weight excluding hydrogens is 1560 g/mol. The number of carboxylic acid groups (broad SMARTS) is 1. The number of amides is 16. The first-order chi connectivity index (χ1) is 56.3. The molecule has 2 aromatic rings. The third-order valence-corrected chi connectivity index (χ3v) is 17.8. The lowest BCUT2D eigenvalue weighted by Gasteiger charge is -2.26. The molecule has 0 saturated heterocycles. The van der Waals surface area contributed by atoms with Crippen LogP contribution in [-0.2, 0) is 94.3 Å². The standard InChI is InChI=1S/C73H121ClN26O18/c1-6-7-8-23-57(101)95-54(30-46-33-80-41-89-46)72(116)98-51(20-11-15-26-77)70(114)100-55(31-47-34-81-42-90-47)71(115)92-45(5)65(109)97-50(22-17-28-82-56(79)32-74)68(112)86-36-59(103)84-38-61(105)93-49(19-10-14-25-76)67(111)87-40-63(107)96-53(29-43(2)3)69(113)88-39-62(106)94-48(18-9-13-24-75)66(110)85-35-58(102)83-37-60(104)91-44(4)64(108)99-52(73(117)118)21-12-16-27-78/h1,33-34,41-45,48-55H,7-32,35-40,75-78H2,2-5H3,(H2,79,82)(H,80,89)(H,81,90)(H,83,102)(H,84,103)(H,85,110)(H,86,112)(H,87,111)(H,88,113)(H,91,104)(H,92,115)(H,93,105)(H,94,106)(H,95,101)(H,96,107)(H,97,109)(H,98,116)(H,99,108)(H,100,114)(H,117,118)/t44-,45-,48-,49-,50?,51-,52-,53-,54-,55-/m0/s1. The highest BCUT2D eigenvalue weighted by atomic mass is 35.5. The third kappa shape index (κ3) is 44.6. The van der Waals surface area contributed by atoms with E-state index in [0.29, 0.717) is 82.1 Å². The Labute approximate surface area is 689 Å². The van der Waals surface area contributed by atoms with Crippen molar-refractivity contribution in [1.82, 2.24) is 105 Å². The van der Waals surface area contributed by atoms with Crippen LogP contribution >= 0.6 is 11.6 Å². The van der Waals surface area contributed by atoms with Crippen molar-refractivity contribution in [3.05, 3.63) is 36.4 Å². The number of aromatic nitrogens is 4. The van der Waals surface area contributed by atoms with Crippen molar-refractivity contribution in [2.75, 3.05) is 77.9 Å². The van der Waals surface area contributed by atoms with Gasteiger partial charge in [0.15, 0.2) is 0 Å². The molecule has 0 aliphatic rings. The Kier molecular flexibility index (Phi) is 51.5. The molecule has 45 heteroatoms. The van der Waals surface area contributed by atoms with E-state index in [1.807, 2.05) is 0 Å². The zero-order valence-corrected chi connectivity index (χ0v) is 68.1. The summed E-state index contributed by atoms with van der Waals surface area (Å²) in [6.45, 7) is 3.10. The molecule has 118 heavy (non-hydrogen) atoms. The van der Waals surface area contributed by atoms with E-state index in [1.54, 1.807) is 13.8 Å². The summed E-state index contributed by atoms with van der Waals surface area (Å²) in [6.07, 6.45) is 15.1. The Morgan fingerprint density at radius 2 is 0.754 bits per heavy atom. The molecule has 658 valence electrons. The molecular formula is C73H121ClN26O18. The number of carbonyl (C=O) groups is 17. The van der Waals surface area contributed by atoms with E-state index in [0.717, 1.165) is 0 Å². The van der Waals surface area contributed by atoms with Crippen molar-refractivity contribution in [3.63, 3.8) is 0 Å². The third-order valence-electron chi connectivity index (χ3n) is 17.5. The van der Waals surface area contributed by atoms with Gasteiger partial charge in [0.1, 0.15) is 66.3 Å². The predicted octanol–water partition coefficient (Wildman–Crippen LogP) is -7.67. The minimum Gasteiger partial charge on any atom is -0.480 e. The number of carbonyl (C=O) groups excluding carboxylic acids is 16. The first-order valence-corrected chi connectivity index (χ1v) is 39.7. The molecule has 0 aliphatic heterocycles. The molecule has 2 heterocycles. The van der Waals surface area contributed by atoms with Gasteiger partial charge in [0.05, 0.1) is 57.8 Å². The number of terminal acetylenes is 1. The van der Waals surface area contributed by atoms with E-state index in [9.17, 15) is 86.6 Å². The molecule has 29 N–H and O–H groups in total. The Hall–Kier alpha value is -11.4. The lowest BCUT2D eigenvalue weighted by Crippen LogP contribution is -2.59. The van der Waals surface area contributed by atoms with Gasteiger partial charge in [-0.25, -0.2) is 14.8 Å². The molecule has 16 amide bonds. The van der Waals surface area contributed by atoms with Crippen LogP contribution in [0.4, 0.5) is 0 Å². The van der Waals surface area contributed by atoms with Crippen LogP contribution in [0.2, 0.25) is 0 Å². The normalized spacial score (nSPS) is 13.6. The zero-order valence-electron chi connectivity index (χ0n) is 67.4. The Bertz CT molecular complexity index is 3620.